The van der Waals surface area contributed by atoms with E-state index in [-0.39, 0.29) is 5.82 Å². The van der Waals surface area contributed by atoms with E-state index in [4.69, 9.17) is 0 Å². The first-order valence-corrected chi connectivity index (χ1v) is 6.42. The van der Waals surface area contributed by atoms with Crippen LogP contribution in [0.1, 0.15) is 33.0 Å². The van der Waals surface area contributed by atoms with Gasteiger partial charge in [-0.25, -0.2) is 9.78 Å². The molecule has 0 aliphatic heterocycles. The van der Waals surface area contributed by atoms with E-state index in [0.717, 1.165) is 0 Å². The lowest BCUT2D eigenvalue weighted by atomic mass is 10.3. The Morgan fingerprint density at radius 3 is 2.95 bits per heavy atom. The van der Waals surface area contributed by atoms with Gasteiger partial charge in [-0.05, 0) is 11.4 Å². The average Bonchev–Trinajstić information content (AvgIpc) is 3.06. The topological polar surface area (TPSA) is 97.0 Å². The van der Waals surface area contributed by atoms with Crippen LogP contribution in [0.15, 0.2) is 11.4 Å². The molecule has 7 nitrogen and oxygen atoms in total. The number of amides is 1. The number of thiophene rings is 1. The highest BCUT2D eigenvalue weighted by molar-refractivity contribution is 7.12. The summed E-state index contributed by atoms with van der Waals surface area (Å²) in [4.78, 5) is 27.7. The Labute approximate surface area is 113 Å². The lowest BCUT2D eigenvalue weighted by molar-refractivity contribution is 0.0607. The number of carbonyl (C=O) groups is 2. The van der Waals surface area contributed by atoms with Gasteiger partial charge in [0.25, 0.3) is 5.91 Å². The van der Waals surface area contributed by atoms with Crippen molar-refractivity contribution in [1.29, 1.82) is 0 Å². The maximum Gasteiger partial charge on any atom is 0.350 e. The van der Waals surface area contributed by atoms with Crippen molar-refractivity contribution in [1.82, 2.24) is 15.2 Å². The number of ether oxygens (including phenoxy) is 1. The van der Waals surface area contributed by atoms with Gasteiger partial charge in [0, 0.05) is 6.42 Å². The standard InChI is InChI=1S/C11H12N4O3S/c1-3-7-13-9(15-14-7)10(16)12-6-4-5-19-8(6)11(17)18-2/h4-5H,3H2,1-2H3,(H,12,16)(H,13,14,15). The highest BCUT2D eigenvalue weighted by Gasteiger charge is 2.18. The lowest BCUT2D eigenvalue weighted by Gasteiger charge is -2.02. The zero-order valence-electron chi connectivity index (χ0n) is 10.4. The molecule has 2 aromatic rings. The Hall–Kier alpha value is -2.22. The van der Waals surface area contributed by atoms with Crippen LogP contribution in [-0.4, -0.2) is 34.2 Å². The van der Waals surface area contributed by atoms with Crippen LogP contribution in [-0.2, 0) is 11.2 Å². The molecule has 0 spiro atoms. The number of H-pyrrole nitrogens is 1. The molecule has 2 aromatic heterocycles. The summed E-state index contributed by atoms with van der Waals surface area (Å²) in [5.41, 5.74) is 0.393. The highest BCUT2D eigenvalue weighted by atomic mass is 32.1. The summed E-state index contributed by atoms with van der Waals surface area (Å²) in [5.74, 6) is -0.295. The molecule has 0 fully saturated rings. The summed E-state index contributed by atoms with van der Waals surface area (Å²) in [5, 5.41) is 10.7. The number of hydrogen-bond acceptors (Lipinski definition) is 6. The number of aryl methyl sites for hydroxylation is 1. The van der Waals surface area contributed by atoms with Crippen LogP contribution in [0, 0.1) is 0 Å². The number of aromatic amines is 1. The minimum absolute atomic E-state index is 0.0406. The van der Waals surface area contributed by atoms with Crippen molar-refractivity contribution in [2.24, 2.45) is 0 Å². The Morgan fingerprint density at radius 1 is 1.53 bits per heavy atom. The van der Waals surface area contributed by atoms with Crippen molar-refractivity contribution in [2.45, 2.75) is 13.3 Å². The second kappa shape index (κ2) is 5.61. The maximum atomic E-state index is 11.9. The number of esters is 1. The normalized spacial score (nSPS) is 10.2. The fraction of sp³-hybridized carbons (Fsp3) is 0.273. The number of nitrogens with zero attached hydrogens (tertiary/aromatic N) is 2. The molecule has 100 valence electrons. The zero-order chi connectivity index (χ0) is 13.8. The van der Waals surface area contributed by atoms with Crippen LogP contribution in [0.4, 0.5) is 5.69 Å². The van der Waals surface area contributed by atoms with Gasteiger partial charge in [-0.2, -0.15) is 0 Å². The molecule has 0 aromatic carbocycles. The van der Waals surface area contributed by atoms with Crippen molar-refractivity contribution in [3.05, 3.63) is 28.0 Å². The molecular formula is C11H12N4O3S. The van der Waals surface area contributed by atoms with E-state index in [9.17, 15) is 9.59 Å². The van der Waals surface area contributed by atoms with Crippen molar-refractivity contribution >= 4 is 28.9 Å². The SMILES string of the molecule is CCc1nc(C(=O)Nc2ccsc2C(=O)OC)n[nH]1. The molecule has 19 heavy (non-hydrogen) atoms. The van der Waals surface area contributed by atoms with Gasteiger partial charge in [-0.15, -0.1) is 16.4 Å². The summed E-state index contributed by atoms with van der Waals surface area (Å²) in [6.07, 6.45) is 0.659. The first-order chi connectivity index (χ1) is 9.15. The highest BCUT2D eigenvalue weighted by Crippen LogP contribution is 2.23. The summed E-state index contributed by atoms with van der Waals surface area (Å²) in [6, 6.07) is 1.63. The molecule has 0 radical (unpaired) electrons. The zero-order valence-corrected chi connectivity index (χ0v) is 11.2. The largest absolute Gasteiger partial charge is 0.465 e. The van der Waals surface area contributed by atoms with E-state index in [1.165, 1.54) is 18.4 Å². The van der Waals surface area contributed by atoms with E-state index in [0.29, 0.717) is 22.8 Å². The van der Waals surface area contributed by atoms with Crippen molar-refractivity contribution in [3.8, 4) is 0 Å². The molecule has 0 aliphatic carbocycles. The van der Waals surface area contributed by atoms with Crippen LogP contribution in [0.3, 0.4) is 0 Å². The lowest BCUT2D eigenvalue weighted by Crippen LogP contribution is -2.15. The molecule has 2 rings (SSSR count). The van der Waals surface area contributed by atoms with Gasteiger partial charge in [0.05, 0.1) is 12.8 Å². The van der Waals surface area contributed by atoms with Crippen molar-refractivity contribution in [2.75, 3.05) is 12.4 Å². The molecule has 1 amide bonds. The van der Waals surface area contributed by atoms with Crippen molar-refractivity contribution < 1.29 is 14.3 Å². The van der Waals surface area contributed by atoms with Crippen LogP contribution >= 0.6 is 11.3 Å². The first-order valence-electron chi connectivity index (χ1n) is 5.54. The third-order valence-corrected chi connectivity index (χ3v) is 3.25. The predicted molar refractivity (Wildman–Crippen MR) is 69.4 cm³/mol. The second-order valence-electron chi connectivity index (χ2n) is 3.57. The van der Waals surface area contributed by atoms with Gasteiger partial charge in [0.15, 0.2) is 0 Å². The van der Waals surface area contributed by atoms with E-state index >= 15 is 0 Å². The number of nitrogens with one attached hydrogen (secondary N) is 2. The minimum Gasteiger partial charge on any atom is -0.465 e. The molecule has 0 saturated carbocycles. The fourth-order valence-electron chi connectivity index (χ4n) is 1.39. The number of anilines is 1. The van der Waals surface area contributed by atoms with E-state index in [2.05, 4.69) is 25.2 Å². The van der Waals surface area contributed by atoms with E-state index in [1.807, 2.05) is 6.92 Å². The van der Waals surface area contributed by atoms with Gasteiger partial charge >= 0.3 is 5.97 Å². The number of rotatable bonds is 4. The minimum atomic E-state index is -0.491. The molecule has 0 unspecified atom stereocenters. The molecule has 0 bridgehead atoms. The van der Waals surface area contributed by atoms with Crippen molar-refractivity contribution in [3.63, 3.8) is 0 Å². The van der Waals surface area contributed by atoms with E-state index < -0.39 is 11.9 Å². The van der Waals surface area contributed by atoms with Gasteiger partial charge < -0.3 is 10.1 Å². The third-order valence-electron chi connectivity index (χ3n) is 2.35. The summed E-state index contributed by atoms with van der Waals surface area (Å²) >= 11 is 1.19. The third kappa shape index (κ3) is 2.79. The quantitative estimate of drug-likeness (QED) is 0.826. The molecule has 0 atom stereocenters. The number of hydrogen-bond donors (Lipinski definition) is 2. The van der Waals surface area contributed by atoms with E-state index in [1.54, 1.807) is 11.4 Å². The molecular weight excluding hydrogens is 268 g/mol. The monoisotopic (exact) mass is 280 g/mol. The molecule has 2 heterocycles. The van der Waals surface area contributed by atoms with Gasteiger partial charge in [0.2, 0.25) is 5.82 Å². The molecule has 0 saturated heterocycles. The van der Waals surface area contributed by atoms with Gasteiger partial charge in [-0.1, -0.05) is 6.92 Å². The summed E-state index contributed by atoms with van der Waals surface area (Å²) < 4.78 is 4.63. The van der Waals surface area contributed by atoms with Crippen LogP contribution in [0.2, 0.25) is 0 Å². The Bertz CT molecular complexity index is 605. The van der Waals surface area contributed by atoms with Gasteiger partial charge in [0.1, 0.15) is 10.7 Å². The summed E-state index contributed by atoms with van der Waals surface area (Å²) in [6.45, 7) is 1.90. The average molecular weight is 280 g/mol. The van der Waals surface area contributed by atoms with Crippen LogP contribution in [0.25, 0.3) is 0 Å². The first kappa shape index (κ1) is 13.2. The van der Waals surface area contributed by atoms with Crippen LogP contribution in [0.5, 0.6) is 0 Å². The smallest absolute Gasteiger partial charge is 0.350 e. The molecule has 8 heteroatoms. The Kier molecular flexibility index (Phi) is 3.91. The Morgan fingerprint density at radius 2 is 2.32 bits per heavy atom. The predicted octanol–water partition coefficient (Wildman–Crippen LogP) is 1.47. The number of carbonyl (C=O) groups excluding carboxylic acids is 2. The number of methoxy groups -OCH3 is 1. The summed E-state index contributed by atoms with van der Waals surface area (Å²) in [7, 11) is 1.29. The Balaban J connectivity index is 2.15. The maximum absolute atomic E-state index is 11.9. The molecule has 0 aliphatic rings. The molecule has 2 N–H and O–H groups in total. The van der Waals surface area contributed by atoms with Gasteiger partial charge in [-0.3, -0.25) is 9.89 Å². The van der Waals surface area contributed by atoms with Crippen LogP contribution < -0.4 is 5.32 Å². The number of aromatic nitrogens is 3. The fourth-order valence-corrected chi connectivity index (χ4v) is 2.16. The second-order valence-corrected chi connectivity index (χ2v) is 4.48.